The number of hydrogen-bond acceptors (Lipinski definition) is 3. The number of likely N-dealkylation sites (tertiary alicyclic amines) is 1. The van der Waals surface area contributed by atoms with Gasteiger partial charge in [0.25, 0.3) is 15.9 Å². The van der Waals surface area contributed by atoms with Crippen molar-refractivity contribution >= 4 is 21.6 Å². The van der Waals surface area contributed by atoms with Gasteiger partial charge in [-0.2, -0.15) is 0 Å². The average molecular weight is 404 g/mol. The highest BCUT2D eigenvalue weighted by Gasteiger charge is 2.28. The summed E-state index contributed by atoms with van der Waals surface area (Å²) in [4.78, 5) is 14.9. The molecule has 0 spiro atoms. The number of carbonyl (C=O) groups is 1. The normalized spacial score (nSPS) is 15.7. The molecule has 0 aliphatic carbocycles. The van der Waals surface area contributed by atoms with E-state index in [1.807, 2.05) is 30.9 Å². The number of aromatic nitrogens is 1. The number of anilines is 1. The van der Waals surface area contributed by atoms with E-state index in [1.54, 1.807) is 24.6 Å². The molecular formula is C21H29N3O3S. The molecule has 152 valence electrons. The lowest BCUT2D eigenvalue weighted by molar-refractivity contribution is 0.0687. The molecular weight excluding hydrogens is 374 g/mol. The lowest BCUT2D eigenvalue weighted by Crippen LogP contribution is -2.38. The second-order valence-corrected chi connectivity index (χ2v) is 9.59. The Morgan fingerprint density at radius 3 is 2.36 bits per heavy atom. The van der Waals surface area contributed by atoms with Gasteiger partial charge in [0.1, 0.15) is 10.6 Å². The molecule has 2 aromatic rings. The Balaban J connectivity index is 1.90. The van der Waals surface area contributed by atoms with E-state index in [-0.39, 0.29) is 10.8 Å². The summed E-state index contributed by atoms with van der Waals surface area (Å²) >= 11 is 0. The molecule has 0 unspecified atom stereocenters. The first-order chi connectivity index (χ1) is 13.1. The third kappa shape index (κ3) is 3.94. The van der Waals surface area contributed by atoms with Crippen LogP contribution in [0.25, 0.3) is 0 Å². The fourth-order valence-electron chi connectivity index (χ4n) is 3.65. The predicted molar refractivity (Wildman–Crippen MR) is 111 cm³/mol. The van der Waals surface area contributed by atoms with Gasteiger partial charge in [-0.1, -0.05) is 24.6 Å². The van der Waals surface area contributed by atoms with E-state index in [4.69, 9.17) is 0 Å². The Kier molecular flexibility index (Phi) is 5.57. The summed E-state index contributed by atoms with van der Waals surface area (Å²) in [7, 11) is -2.05. The van der Waals surface area contributed by atoms with Gasteiger partial charge < -0.3 is 9.47 Å². The summed E-state index contributed by atoms with van der Waals surface area (Å²) < 4.78 is 30.4. The molecule has 1 N–H and O–H groups in total. The van der Waals surface area contributed by atoms with Gasteiger partial charge in [0, 0.05) is 25.8 Å². The van der Waals surface area contributed by atoms with E-state index in [2.05, 4.69) is 11.6 Å². The van der Waals surface area contributed by atoms with Gasteiger partial charge >= 0.3 is 0 Å². The molecule has 1 amide bonds. The fraction of sp³-hybridized carbons (Fsp3) is 0.476. The molecule has 1 aliphatic rings. The summed E-state index contributed by atoms with van der Waals surface area (Å²) in [5.41, 5.74) is 3.43. The molecule has 6 nitrogen and oxygen atoms in total. The number of sulfonamides is 1. The molecule has 1 aromatic carbocycles. The van der Waals surface area contributed by atoms with Crippen LogP contribution in [0.4, 0.5) is 5.69 Å². The van der Waals surface area contributed by atoms with Crippen molar-refractivity contribution in [2.75, 3.05) is 17.8 Å². The van der Waals surface area contributed by atoms with Crippen molar-refractivity contribution in [2.24, 2.45) is 13.0 Å². The number of nitrogens with zero attached hydrogens (tertiary/aromatic N) is 2. The second-order valence-electron chi connectivity index (χ2n) is 7.94. The van der Waals surface area contributed by atoms with E-state index >= 15 is 0 Å². The second kappa shape index (κ2) is 7.62. The highest BCUT2D eigenvalue weighted by Crippen LogP contribution is 2.26. The summed E-state index contributed by atoms with van der Waals surface area (Å²) in [6, 6.07) is 7.07. The highest BCUT2D eigenvalue weighted by atomic mass is 32.2. The topological polar surface area (TPSA) is 71.4 Å². The Morgan fingerprint density at radius 2 is 1.75 bits per heavy atom. The van der Waals surface area contributed by atoms with Gasteiger partial charge in [0.2, 0.25) is 0 Å². The summed E-state index contributed by atoms with van der Waals surface area (Å²) in [6.07, 6.45) is 1.96. The Morgan fingerprint density at radius 1 is 1.11 bits per heavy atom. The van der Waals surface area contributed by atoms with Gasteiger partial charge in [0.15, 0.2) is 0 Å². The van der Waals surface area contributed by atoms with Crippen molar-refractivity contribution in [2.45, 2.75) is 45.4 Å². The van der Waals surface area contributed by atoms with Crippen molar-refractivity contribution in [3.05, 3.63) is 46.8 Å². The first kappa shape index (κ1) is 20.5. The van der Waals surface area contributed by atoms with Crippen LogP contribution in [0.1, 0.15) is 47.1 Å². The van der Waals surface area contributed by atoms with Crippen molar-refractivity contribution in [1.29, 1.82) is 0 Å². The molecule has 1 saturated heterocycles. The minimum absolute atomic E-state index is 0.106. The van der Waals surface area contributed by atoms with E-state index in [0.29, 0.717) is 36.1 Å². The van der Waals surface area contributed by atoms with Crippen molar-refractivity contribution in [3.8, 4) is 0 Å². The monoisotopic (exact) mass is 403 g/mol. The van der Waals surface area contributed by atoms with Gasteiger partial charge in [-0.05, 0) is 57.2 Å². The maximum atomic E-state index is 13.0. The van der Waals surface area contributed by atoms with E-state index in [0.717, 1.165) is 24.0 Å². The smallest absolute Gasteiger partial charge is 0.270 e. The summed E-state index contributed by atoms with van der Waals surface area (Å²) in [6.45, 7) is 9.19. The third-order valence-electron chi connectivity index (χ3n) is 5.69. The maximum absolute atomic E-state index is 13.0. The highest BCUT2D eigenvalue weighted by molar-refractivity contribution is 7.92. The Hall–Kier alpha value is -2.28. The minimum Gasteiger partial charge on any atom is -0.343 e. The molecule has 0 saturated carbocycles. The van der Waals surface area contributed by atoms with Crippen LogP contribution >= 0.6 is 0 Å². The molecule has 3 rings (SSSR count). The zero-order valence-electron chi connectivity index (χ0n) is 17.2. The van der Waals surface area contributed by atoms with Crippen LogP contribution < -0.4 is 4.72 Å². The number of carbonyl (C=O) groups excluding carboxylic acids is 1. The maximum Gasteiger partial charge on any atom is 0.270 e. The lowest BCUT2D eigenvalue weighted by atomic mass is 9.99. The Bertz CT molecular complexity index is 1000. The number of rotatable bonds is 4. The first-order valence-corrected chi connectivity index (χ1v) is 11.1. The molecule has 28 heavy (non-hydrogen) atoms. The van der Waals surface area contributed by atoms with Gasteiger partial charge in [-0.15, -0.1) is 0 Å². The van der Waals surface area contributed by atoms with Crippen LogP contribution in [-0.4, -0.2) is 36.9 Å². The number of aryl methyl sites for hydroxylation is 2. The standard InChI is InChI=1S/C21H29N3O3S/c1-14-8-10-24(11-9-14)21(25)19-13-20(17(4)23(19)5)28(26,27)22-18-7-6-15(2)12-16(18)3/h6-7,12-14,22H,8-11H2,1-5H3. The molecule has 0 bridgehead atoms. The quantitative estimate of drug-likeness (QED) is 0.847. The van der Waals surface area contributed by atoms with Gasteiger partial charge in [0.05, 0.1) is 5.69 Å². The van der Waals surface area contributed by atoms with Crippen LogP contribution in [0.5, 0.6) is 0 Å². The van der Waals surface area contributed by atoms with E-state index in [9.17, 15) is 13.2 Å². The zero-order chi connectivity index (χ0) is 20.6. The van der Waals surface area contributed by atoms with Crippen LogP contribution in [-0.2, 0) is 17.1 Å². The van der Waals surface area contributed by atoms with Crippen LogP contribution in [0.2, 0.25) is 0 Å². The average Bonchev–Trinajstić information content (AvgIpc) is 2.93. The van der Waals surface area contributed by atoms with E-state index < -0.39 is 10.0 Å². The fourth-order valence-corrected chi connectivity index (χ4v) is 5.07. The molecule has 1 aromatic heterocycles. The number of benzene rings is 1. The number of nitrogens with one attached hydrogen (secondary N) is 1. The zero-order valence-corrected chi connectivity index (χ0v) is 18.1. The number of piperidine rings is 1. The predicted octanol–water partition coefficient (Wildman–Crippen LogP) is 3.62. The first-order valence-electron chi connectivity index (χ1n) is 9.66. The lowest BCUT2D eigenvalue weighted by Gasteiger charge is -2.30. The van der Waals surface area contributed by atoms with Gasteiger partial charge in [-0.3, -0.25) is 9.52 Å². The summed E-state index contributed by atoms with van der Waals surface area (Å²) in [5.74, 6) is 0.516. The number of amides is 1. The van der Waals surface area contributed by atoms with Crippen molar-refractivity contribution in [3.63, 3.8) is 0 Å². The van der Waals surface area contributed by atoms with E-state index in [1.165, 1.54) is 6.07 Å². The molecule has 1 aliphatic heterocycles. The largest absolute Gasteiger partial charge is 0.343 e. The molecule has 2 heterocycles. The summed E-state index contributed by atoms with van der Waals surface area (Å²) in [5, 5.41) is 0. The molecule has 1 fully saturated rings. The molecule has 7 heteroatoms. The third-order valence-corrected chi connectivity index (χ3v) is 7.18. The van der Waals surface area contributed by atoms with Crippen LogP contribution in [0.3, 0.4) is 0 Å². The van der Waals surface area contributed by atoms with Crippen LogP contribution in [0.15, 0.2) is 29.2 Å². The van der Waals surface area contributed by atoms with Crippen molar-refractivity contribution in [1.82, 2.24) is 9.47 Å². The molecule has 0 atom stereocenters. The molecule has 0 radical (unpaired) electrons. The SMILES string of the molecule is Cc1ccc(NS(=O)(=O)c2cc(C(=O)N3CCC(C)CC3)n(C)c2C)c(C)c1. The van der Waals surface area contributed by atoms with Gasteiger partial charge in [-0.25, -0.2) is 8.42 Å². The number of hydrogen-bond donors (Lipinski definition) is 1. The van der Waals surface area contributed by atoms with Crippen LogP contribution in [0, 0.1) is 26.7 Å². The Labute approximate surface area is 167 Å². The minimum atomic E-state index is -3.80. The van der Waals surface area contributed by atoms with Crippen molar-refractivity contribution < 1.29 is 13.2 Å².